The van der Waals surface area contributed by atoms with Crippen molar-refractivity contribution in [1.29, 1.82) is 5.26 Å². The SMILES string of the molecule is CC(C)N1CCN(c2cc3c(cc2Br)C(=O)C2=C(Cc4cc(C#N)ccc42)C3(C)C)CC1. The highest BCUT2D eigenvalue weighted by molar-refractivity contribution is 9.10. The maximum atomic E-state index is 13.7. The zero-order valence-electron chi connectivity index (χ0n) is 19.1. The lowest BCUT2D eigenvalue weighted by Gasteiger charge is -2.40. The van der Waals surface area contributed by atoms with Crippen LogP contribution in [0.2, 0.25) is 0 Å². The normalized spacial score (nSPS) is 19.7. The molecule has 5 rings (SSSR count). The van der Waals surface area contributed by atoms with Crippen molar-refractivity contribution in [3.05, 3.63) is 68.2 Å². The second kappa shape index (κ2) is 7.57. The molecule has 0 radical (unpaired) electrons. The minimum absolute atomic E-state index is 0.106. The lowest BCUT2D eigenvalue weighted by Crippen LogP contribution is -2.49. The molecule has 1 fully saturated rings. The summed E-state index contributed by atoms with van der Waals surface area (Å²) < 4.78 is 0.987. The summed E-state index contributed by atoms with van der Waals surface area (Å²) in [6, 6.07) is 12.8. The molecule has 0 atom stereocenters. The summed E-state index contributed by atoms with van der Waals surface area (Å²) in [4.78, 5) is 18.7. The van der Waals surface area contributed by atoms with Crippen molar-refractivity contribution in [2.45, 2.75) is 45.6 Å². The molecular formula is C27H28BrN3O. The van der Waals surface area contributed by atoms with E-state index in [1.165, 1.54) is 11.3 Å². The largest absolute Gasteiger partial charge is 0.368 e. The molecule has 164 valence electrons. The van der Waals surface area contributed by atoms with Gasteiger partial charge in [-0.05, 0) is 82.7 Å². The maximum Gasteiger partial charge on any atom is 0.193 e. The summed E-state index contributed by atoms with van der Waals surface area (Å²) in [7, 11) is 0. The Balaban J connectivity index is 1.55. The first-order valence-electron chi connectivity index (χ1n) is 11.4. The topological polar surface area (TPSA) is 47.3 Å². The van der Waals surface area contributed by atoms with Gasteiger partial charge >= 0.3 is 0 Å². The van der Waals surface area contributed by atoms with E-state index in [2.05, 4.69) is 65.6 Å². The van der Waals surface area contributed by atoms with E-state index in [0.717, 1.165) is 64.9 Å². The van der Waals surface area contributed by atoms with Crippen molar-refractivity contribution in [3.8, 4) is 6.07 Å². The molecule has 1 saturated heterocycles. The van der Waals surface area contributed by atoms with Gasteiger partial charge < -0.3 is 4.90 Å². The van der Waals surface area contributed by atoms with Crippen molar-refractivity contribution in [3.63, 3.8) is 0 Å². The molecule has 5 heteroatoms. The number of hydrogen-bond acceptors (Lipinski definition) is 4. The van der Waals surface area contributed by atoms with E-state index >= 15 is 0 Å². The molecule has 0 spiro atoms. The second-order valence-electron chi connectivity index (χ2n) is 9.93. The fraction of sp³-hybridized carbons (Fsp3) is 0.407. The lowest BCUT2D eigenvalue weighted by atomic mass is 9.68. The van der Waals surface area contributed by atoms with Gasteiger partial charge in [0.25, 0.3) is 0 Å². The number of benzene rings is 2. The molecule has 0 unspecified atom stereocenters. The highest BCUT2D eigenvalue weighted by Gasteiger charge is 2.43. The molecule has 4 nitrogen and oxygen atoms in total. The van der Waals surface area contributed by atoms with Gasteiger partial charge in [-0.2, -0.15) is 5.26 Å². The number of nitrogens with zero attached hydrogens (tertiary/aromatic N) is 3. The average Bonchev–Trinajstić information content (AvgIpc) is 3.17. The molecule has 2 aromatic carbocycles. The molecule has 3 aliphatic rings. The van der Waals surface area contributed by atoms with Crippen LogP contribution in [0.5, 0.6) is 0 Å². The number of Topliss-reactive ketones (excluding diaryl/α,β-unsaturated/α-hetero) is 1. The van der Waals surface area contributed by atoms with Gasteiger partial charge in [-0.3, -0.25) is 9.69 Å². The number of allylic oxidation sites excluding steroid dienone is 2. The van der Waals surface area contributed by atoms with Crippen LogP contribution in [0, 0.1) is 11.3 Å². The van der Waals surface area contributed by atoms with E-state index in [-0.39, 0.29) is 11.2 Å². The van der Waals surface area contributed by atoms with Crippen LogP contribution in [0.1, 0.15) is 60.3 Å². The molecule has 1 aliphatic heterocycles. The summed E-state index contributed by atoms with van der Waals surface area (Å²) in [5.74, 6) is 0.106. The van der Waals surface area contributed by atoms with Crippen LogP contribution in [0.15, 0.2) is 40.4 Å². The fourth-order valence-corrected chi connectivity index (χ4v) is 6.17. The Bertz CT molecular complexity index is 1210. The molecule has 0 aromatic heterocycles. The Morgan fingerprint density at radius 2 is 1.78 bits per heavy atom. The Hall–Kier alpha value is -2.42. The van der Waals surface area contributed by atoms with Crippen molar-refractivity contribution in [1.82, 2.24) is 4.90 Å². The summed E-state index contributed by atoms with van der Waals surface area (Å²) in [6.45, 7) is 13.1. The van der Waals surface area contributed by atoms with Crippen LogP contribution >= 0.6 is 15.9 Å². The van der Waals surface area contributed by atoms with E-state index in [4.69, 9.17) is 0 Å². The molecule has 32 heavy (non-hydrogen) atoms. The van der Waals surface area contributed by atoms with Crippen LogP contribution in [0.4, 0.5) is 5.69 Å². The first-order valence-corrected chi connectivity index (χ1v) is 12.2. The fourth-order valence-electron chi connectivity index (χ4n) is 5.57. The molecule has 2 aromatic rings. The van der Waals surface area contributed by atoms with Crippen molar-refractivity contribution in [2.24, 2.45) is 0 Å². The number of halogens is 1. The highest BCUT2D eigenvalue weighted by atomic mass is 79.9. The third-order valence-electron chi connectivity index (χ3n) is 7.54. The van der Waals surface area contributed by atoms with E-state index in [1.54, 1.807) is 0 Å². The Morgan fingerprint density at radius 3 is 2.44 bits per heavy atom. The second-order valence-corrected chi connectivity index (χ2v) is 10.8. The Labute approximate surface area is 198 Å². The molecule has 1 heterocycles. The molecule has 0 saturated carbocycles. The Kier molecular flexibility index (Phi) is 5.07. The minimum Gasteiger partial charge on any atom is -0.368 e. The number of ketones is 1. The third-order valence-corrected chi connectivity index (χ3v) is 8.18. The molecule has 2 aliphatic carbocycles. The number of rotatable bonds is 2. The number of carbonyl (C=O) groups is 1. The number of nitriles is 1. The molecule has 0 N–H and O–H groups in total. The van der Waals surface area contributed by atoms with Crippen LogP contribution in [-0.2, 0) is 11.8 Å². The van der Waals surface area contributed by atoms with E-state index < -0.39 is 0 Å². The predicted molar refractivity (Wildman–Crippen MR) is 132 cm³/mol. The van der Waals surface area contributed by atoms with Gasteiger partial charge in [-0.15, -0.1) is 0 Å². The zero-order valence-corrected chi connectivity index (χ0v) is 20.7. The molecule has 0 bridgehead atoms. The van der Waals surface area contributed by atoms with Gasteiger partial charge in [0.15, 0.2) is 5.78 Å². The van der Waals surface area contributed by atoms with Gasteiger partial charge in [0, 0.05) is 53.2 Å². The predicted octanol–water partition coefficient (Wildman–Crippen LogP) is 5.33. The van der Waals surface area contributed by atoms with Crippen molar-refractivity contribution in [2.75, 3.05) is 31.1 Å². The quantitative estimate of drug-likeness (QED) is 0.571. The van der Waals surface area contributed by atoms with Gasteiger partial charge in [0.2, 0.25) is 0 Å². The summed E-state index contributed by atoms with van der Waals surface area (Å²) in [5, 5.41) is 9.31. The number of piperazine rings is 1. The number of fused-ring (bicyclic) bond motifs is 3. The van der Waals surface area contributed by atoms with Crippen LogP contribution < -0.4 is 4.90 Å². The van der Waals surface area contributed by atoms with Crippen LogP contribution in [0.3, 0.4) is 0 Å². The summed E-state index contributed by atoms with van der Waals surface area (Å²) in [5.41, 5.74) is 7.59. The van der Waals surface area contributed by atoms with E-state index in [9.17, 15) is 10.1 Å². The minimum atomic E-state index is -0.250. The van der Waals surface area contributed by atoms with E-state index in [1.807, 2.05) is 24.3 Å². The lowest BCUT2D eigenvalue weighted by molar-refractivity contribution is 0.105. The Morgan fingerprint density at radius 1 is 1.06 bits per heavy atom. The third kappa shape index (κ3) is 3.16. The van der Waals surface area contributed by atoms with E-state index in [0.29, 0.717) is 11.6 Å². The summed E-state index contributed by atoms with van der Waals surface area (Å²) in [6.07, 6.45) is 0.733. The molecule has 0 amide bonds. The molecular weight excluding hydrogens is 462 g/mol. The number of carbonyl (C=O) groups excluding carboxylic acids is 1. The van der Waals surface area contributed by atoms with Crippen LogP contribution in [0.25, 0.3) is 5.57 Å². The van der Waals surface area contributed by atoms with Gasteiger partial charge in [0.1, 0.15) is 0 Å². The summed E-state index contributed by atoms with van der Waals surface area (Å²) >= 11 is 3.78. The van der Waals surface area contributed by atoms with Gasteiger partial charge in [0.05, 0.1) is 17.3 Å². The smallest absolute Gasteiger partial charge is 0.193 e. The number of anilines is 1. The number of hydrogen-bond donors (Lipinski definition) is 0. The first kappa shape index (κ1) is 21.4. The van der Waals surface area contributed by atoms with Gasteiger partial charge in [-0.25, -0.2) is 0 Å². The van der Waals surface area contributed by atoms with Crippen LogP contribution in [-0.4, -0.2) is 42.9 Å². The zero-order chi connectivity index (χ0) is 22.8. The first-order chi connectivity index (χ1) is 15.2. The van der Waals surface area contributed by atoms with Crippen molar-refractivity contribution < 1.29 is 4.79 Å². The maximum absolute atomic E-state index is 13.7. The monoisotopic (exact) mass is 489 g/mol. The van der Waals surface area contributed by atoms with Gasteiger partial charge in [-0.1, -0.05) is 19.9 Å². The standard InChI is InChI=1S/C27H28BrN3O/c1-16(2)30-7-9-31(10-8-30)24-14-21-20(13-23(24)28)26(32)25-19-6-5-17(15-29)11-18(19)12-22(25)27(21,3)4/h5-6,11,13-14,16H,7-10,12H2,1-4H3. The average molecular weight is 490 g/mol. The highest BCUT2D eigenvalue weighted by Crippen LogP contribution is 2.51. The van der Waals surface area contributed by atoms with Crippen molar-refractivity contribution >= 4 is 33.0 Å².